The SMILES string of the molecule is CCN1CCN(c2c(CN(C(=O)CC(C)(C)C)C(C)C)c(C)nn2-c2cccc(F)c2)CC1. The summed E-state index contributed by atoms with van der Waals surface area (Å²) in [4.78, 5) is 20.0. The van der Waals surface area contributed by atoms with Crippen LogP contribution in [0.5, 0.6) is 0 Å². The fourth-order valence-electron chi connectivity index (χ4n) is 4.41. The number of benzene rings is 1. The van der Waals surface area contributed by atoms with Crippen LogP contribution in [0.1, 0.15) is 59.2 Å². The van der Waals surface area contributed by atoms with Gasteiger partial charge in [0.15, 0.2) is 0 Å². The van der Waals surface area contributed by atoms with E-state index in [9.17, 15) is 9.18 Å². The Bertz CT molecular complexity index is 954. The van der Waals surface area contributed by atoms with E-state index in [-0.39, 0.29) is 23.2 Å². The highest BCUT2D eigenvalue weighted by Gasteiger charge is 2.29. The van der Waals surface area contributed by atoms with Gasteiger partial charge in [-0.05, 0) is 50.9 Å². The molecule has 1 aliphatic rings. The number of nitrogens with zero attached hydrogens (tertiary/aromatic N) is 5. The molecule has 0 N–H and O–H groups in total. The van der Waals surface area contributed by atoms with Gasteiger partial charge in [-0.15, -0.1) is 0 Å². The minimum atomic E-state index is -0.284. The van der Waals surface area contributed by atoms with E-state index in [0.717, 1.165) is 49.8 Å². The number of carbonyl (C=O) groups excluding carboxylic acids is 1. The van der Waals surface area contributed by atoms with Gasteiger partial charge in [0.25, 0.3) is 0 Å². The first-order chi connectivity index (χ1) is 15.5. The first-order valence-electron chi connectivity index (χ1n) is 12.1. The van der Waals surface area contributed by atoms with Crippen LogP contribution in [0.2, 0.25) is 0 Å². The molecular weight excluding hydrogens is 417 g/mol. The van der Waals surface area contributed by atoms with E-state index in [0.29, 0.717) is 18.7 Å². The summed E-state index contributed by atoms with van der Waals surface area (Å²) in [5, 5.41) is 4.84. The van der Waals surface area contributed by atoms with Crippen molar-refractivity contribution in [3.05, 3.63) is 41.3 Å². The van der Waals surface area contributed by atoms with Gasteiger partial charge in [-0.25, -0.2) is 9.07 Å². The molecule has 182 valence electrons. The van der Waals surface area contributed by atoms with E-state index in [4.69, 9.17) is 5.10 Å². The highest BCUT2D eigenvalue weighted by Crippen LogP contribution is 2.31. The molecule has 1 aromatic carbocycles. The van der Waals surface area contributed by atoms with E-state index in [1.807, 2.05) is 22.6 Å². The lowest BCUT2D eigenvalue weighted by atomic mass is 9.91. The van der Waals surface area contributed by atoms with Crippen molar-refractivity contribution >= 4 is 11.7 Å². The van der Waals surface area contributed by atoms with Gasteiger partial charge in [0.1, 0.15) is 11.6 Å². The van der Waals surface area contributed by atoms with Crippen molar-refractivity contribution in [2.45, 2.75) is 67.5 Å². The molecule has 1 fully saturated rings. The Labute approximate surface area is 198 Å². The molecule has 1 aliphatic heterocycles. The molecule has 0 radical (unpaired) electrons. The lowest BCUT2D eigenvalue weighted by Crippen LogP contribution is -2.47. The monoisotopic (exact) mass is 457 g/mol. The first-order valence-corrected chi connectivity index (χ1v) is 12.1. The summed E-state index contributed by atoms with van der Waals surface area (Å²) in [6, 6.07) is 6.64. The quantitative estimate of drug-likeness (QED) is 0.608. The molecule has 33 heavy (non-hydrogen) atoms. The summed E-state index contributed by atoms with van der Waals surface area (Å²) in [6.45, 7) is 19.8. The van der Waals surface area contributed by atoms with Crippen LogP contribution in [-0.2, 0) is 11.3 Å². The molecule has 0 aliphatic carbocycles. The van der Waals surface area contributed by atoms with E-state index in [2.05, 4.69) is 51.3 Å². The Balaban J connectivity index is 2.04. The molecule has 0 bridgehead atoms. The Morgan fingerprint density at radius 2 is 1.85 bits per heavy atom. The predicted molar refractivity (Wildman–Crippen MR) is 132 cm³/mol. The maximum Gasteiger partial charge on any atom is 0.223 e. The predicted octanol–water partition coefficient (Wildman–Crippen LogP) is 4.63. The van der Waals surface area contributed by atoms with Crippen LogP contribution >= 0.6 is 0 Å². The number of aryl methyl sites for hydroxylation is 1. The van der Waals surface area contributed by atoms with Crippen LogP contribution < -0.4 is 4.90 Å². The Kier molecular flexibility index (Phi) is 7.83. The van der Waals surface area contributed by atoms with Crippen LogP contribution in [-0.4, -0.2) is 64.3 Å². The largest absolute Gasteiger partial charge is 0.354 e. The summed E-state index contributed by atoms with van der Waals surface area (Å²) in [7, 11) is 0. The zero-order chi connectivity index (χ0) is 24.3. The molecule has 6 nitrogen and oxygen atoms in total. The van der Waals surface area contributed by atoms with Gasteiger partial charge in [-0.1, -0.05) is 33.8 Å². The van der Waals surface area contributed by atoms with Gasteiger partial charge in [-0.3, -0.25) is 4.79 Å². The van der Waals surface area contributed by atoms with Gasteiger partial charge in [0.2, 0.25) is 5.91 Å². The van der Waals surface area contributed by atoms with Crippen molar-refractivity contribution in [3.8, 4) is 5.69 Å². The fourth-order valence-corrected chi connectivity index (χ4v) is 4.41. The molecule has 2 heterocycles. The van der Waals surface area contributed by atoms with Crippen molar-refractivity contribution in [2.24, 2.45) is 5.41 Å². The fraction of sp³-hybridized carbons (Fsp3) is 0.615. The van der Waals surface area contributed by atoms with Crippen LogP contribution in [0.3, 0.4) is 0 Å². The molecule has 0 saturated carbocycles. The second-order valence-electron chi connectivity index (χ2n) is 10.6. The zero-order valence-corrected chi connectivity index (χ0v) is 21.4. The average Bonchev–Trinajstić information content (AvgIpc) is 3.06. The Morgan fingerprint density at radius 1 is 1.18 bits per heavy atom. The number of piperazine rings is 1. The average molecular weight is 458 g/mol. The Morgan fingerprint density at radius 3 is 2.39 bits per heavy atom. The number of rotatable bonds is 7. The summed E-state index contributed by atoms with van der Waals surface area (Å²) < 4.78 is 16.0. The molecular formula is C26H40FN5O. The summed E-state index contributed by atoms with van der Waals surface area (Å²) in [5.74, 6) is 0.841. The minimum absolute atomic E-state index is 0.0709. The summed E-state index contributed by atoms with van der Waals surface area (Å²) >= 11 is 0. The van der Waals surface area contributed by atoms with Crippen molar-refractivity contribution in [3.63, 3.8) is 0 Å². The van der Waals surface area contributed by atoms with Crippen molar-refractivity contribution in [1.29, 1.82) is 0 Å². The third-order valence-electron chi connectivity index (χ3n) is 6.28. The standard InChI is InChI=1S/C26H40FN5O/c1-8-29-12-14-30(15-13-29)25-23(18-31(19(2)3)24(33)17-26(5,6)7)20(4)28-32(25)22-11-9-10-21(27)16-22/h9-11,16,19H,8,12-15,17-18H2,1-7H3. The molecule has 1 aromatic heterocycles. The topological polar surface area (TPSA) is 44.6 Å². The molecule has 1 saturated heterocycles. The number of carbonyl (C=O) groups is 1. The highest BCUT2D eigenvalue weighted by atomic mass is 19.1. The van der Waals surface area contributed by atoms with Gasteiger partial charge in [-0.2, -0.15) is 5.10 Å². The first kappa shape index (κ1) is 25.2. The van der Waals surface area contributed by atoms with Crippen LogP contribution in [0.4, 0.5) is 10.2 Å². The second-order valence-corrected chi connectivity index (χ2v) is 10.6. The van der Waals surface area contributed by atoms with Crippen LogP contribution in [0, 0.1) is 18.2 Å². The number of likely N-dealkylation sites (N-methyl/N-ethyl adjacent to an activating group) is 1. The third-order valence-corrected chi connectivity index (χ3v) is 6.28. The highest BCUT2D eigenvalue weighted by molar-refractivity contribution is 5.77. The normalized spacial score (nSPS) is 15.4. The molecule has 1 amide bonds. The molecule has 0 unspecified atom stereocenters. The van der Waals surface area contributed by atoms with E-state index in [1.165, 1.54) is 12.1 Å². The number of hydrogen-bond donors (Lipinski definition) is 0. The maximum absolute atomic E-state index is 14.1. The molecule has 0 atom stereocenters. The van der Waals surface area contributed by atoms with Crippen molar-refractivity contribution in [1.82, 2.24) is 19.6 Å². The lowest BCUT2D eigenvalue weighted by Gasteiger charge is -2.37. The van der Waals surface area contributed by atoms with E-state index in [1.54, 1.807) is 6.07 Å². The zero-order valence-electron chi connectivity index (χ0n) is 21.4. The second kappa shape index (κ2) is 10.2. The summed E-state index contributed by atoms with van der Waals surface area (Å²) in [6.07, 6.45) is 0.493. The van der Waals surface area contributed by atoms with Crippen LogP contribution in [0.25, 0.3) is 5.69 Å². The van der Waals surface area contributed by atoms with Gasteiger partial charge < -0.3 is 14.7 Å². The number of halogens is 1. The van der Waals surface area contributed by atoms with Crippen molar-refractivity contribution in [2.75, 3.05) is 37.6 Å². The molecule has 7 heteroatoms. The summed E-state index contributed by atoms with van der Waals surface area (Å²) in [5.41, 5.74) is 2.54. The number of amides is 1. The van der Waals surface area contributed by atoms with Gasteiger partial charge >= 0.3 is 0 Å². The number of hydrogen-bond acceptors (Lipinski definition) is 4. The Hall–Kier alpha value is -2.41. The third kappa shape index (κ3) is 6.14. The minimum Gasteiger partial charge on any atom is -0.354 e. The van der Waals surface area contributed by atoms with E-state index >= 15 is 0 Å². The van der Waals surface area contributed by atoms with Gasteiger partial charge in [0, 0.05) is 44.2 Å². The van der Waals surface area contributed by atoms with E-state index < -0.39 is 0 Å². The van der Waals surface area contributed by atoms with Crippen LogP contribution in [0.15, 0.2) is 24.3 Å². The lowest BCUT2D eigenvalue weighted by molar-refractivity contribution is -0.135. The number of anilines is 1. The maximum atomic E-state index is 14.1. The molecule has 3 rings (SSSR count). The smallest absolute Gasteiger partial charge is 0.223 e. The van der Waals surface area contributed by atoms with Gasteiger partial charge in [0.05, 0.1) is 17.9 Å². The molecule has 2 aromatic rings. The number of aromatic nitrogens is 2. The molecule has 0 spiro atoms. The van der Waals surface area contributed by atoms with Crippen molar-refractivity contribution < 1.29 is 9.18 Å².